The SMILES string of the molecule is C[C](CF)c1cc(Cl)ccc1Cl. The largest absolute Gasteiger partial charge is 0.250 e. The van der Waals surface area contributed by atoms with Crippen molar-refractivity contribution in [1.29, 1.82) is 0 Å². The molecule has 1 rings (SSSR count). The molecule has 65 valence electrons. The molecule has 0 aliphatic rings. The number of benzene rings is 1. The van der Waals surface area contributed by atoms with Gasteiger partial charge in [-0.25, -0.2) is 0 Å². The van der Waals surface area contributed by atoms with Crippen molar-refractivity contribution in [3.63, 3.8) is 0 Å². The van der Waals surface area contributed by atoms with Gasteiger partial charge in [0.05, 0.1) is 6.67 Å². The minimum Gasteiger partial charge on any atom is -0.250 e. The van der Waals surface area contributed by atoms with Crippen LogP contribution in [0.3, 0.4) is 0 Å². The van der Waals surface area contributed by atoms with Gasteiger partial charge in [0.1, 0.15) is 0 Å². The van der Waals surface area contributed by atoms with Gasteiger partial charge in [-0.15, -0.1) is 0 Å². The molecule has 0 unspecified atom stereocenters. The maximum absolute atomic E-state index is 12.2. The fourth-order valence-corrected chi connectivity index (χ4v) is 1.35. The van der Waals surface area contributed by atoms with Crippen LogP contribution in [0.2, 0.25) is 10.0 Å². The molecule has 0 N–H and O–H groups in total. The van der Waals surface area contributed by atoms with Gasteiger partial charge in [0.25, 0.3) is 0 Å². The zero-order valence-electron chi connectivity index (χ0n) is 6.57. The van der Waals surface area contributed by atoms with Gasteiger partial charge in [0, 0.05) is 16.0 Å². The van der Waals surface area contributed by atoms with E-state index in [2.05, 4.69) is 0 Å². The minimum atomic E-state index is -0.500. The highest BCUT2D eigenvalue weighted by Gasteiger charge is 2.09. The van der Waals surface area contributed by atoms with E-state index >= 15 is 0 Å². The van der Waals surface area contributed by atoms with Gasteiger partial charge >= 0.3 is 0 Å². The summed E-state index contributed by atoms with van der Waals surface area (Å²) in [6.45, 7) is 1.19. The molecule has 0 bridgehead atoms. The molecule has 0 saturated carbocycles. The lowest BCUT2D eigenvalue weighted by atomic mass is 10.0. The monoisotopic (exact) mass is 205 g/mol. The number of hydrogen-bond acceptors (Lipinski definition) is 0. The zero-order valence-corrected chi connectivity index (χ0v) is 8.08. The van der Waals surface area contributed by atoms with E-state index in [1.807, 2.05) is 0 Å². The van der Waals surface area contributed by atoms with Gasteiger partial charge in [-0.2, -0.15) is 0 Å². The van der Waals surface area contributed by atoms with Gasteiger partial charge in [0.15, 0.2) is 0 Å². The molecule has 0 aliphatic carbocycles. The van der Waals surface area contributed by atoms with Crippen LogP contribution < -0.4 is 0 Å². The van der Waals surface area contributed by atoms with E-state index in [0.29, 0.717) is 21.5 Å². The summed E-state index contributed by atoms with van der Waals surface area (Å²) >= 11 is 11.5. The van der Waals surface area contributed by atoms with Crippen LogP contribution in [0, 0.1) is 5.92 Å². The molecular formula is C9H8Cl2F. The van der Waals surface area contributed by atoms with Crippen LogP contribution in [0.4, 0.5) is 4.39 Å². The Morgan fingerprint density at radius 3 is 2.67 bits per heavy atom. The fourth-order valence-electron chi connectivity index (χ4n) is 0.897. The minimum absolute atomic E-state index is 0.500. The fraction of sp³-hybridized carbons (Fsp3) is 0.222. The Labute approximate surface area is 81.3 Å². The second kappa shape index (κ2) is 4.11. The molecule has 0 saturated heterocycles. The number of hydrogen-bond donors (Lipinski definition) is 0. The van der Waals surface area contributed by atoms with Crippen molar-refractivity contribution in [2.75, 3.05) is 6.67 Å². The van der Waals surface area contributed by atoms with Crippen LogP contribution in [0.5, 0.6) is 0 Å². The van der Waals surface area contributed by atoms with E-state index < -0.39 is 6.67 Å². The van der Waals surface area contributed by atoms with E-state index in [1.54, 1.807) is 25.1 Å². The summed E-state index contributed by atoms with van der Waals surface area (Å²) in [5.74, 6) is 0.600. The Morgan fingerprint density at radius 1 is 1.42 bits per heavy atom. The molecular weight excluding hydrogens is 198 g/mol. The van der Waals surface area contributed by atoms with Crippen molar-refractivity contribution >= 4 is 23.2 Å². The van der Waals surface area contributed by atoms with Crippen molar-refractivity contribution in [3.8, 4) is 0 Å². The summed E-state index contributed by atoms with van der Waals surface area (Å²) in [5.41, 5.74) is 0.687. The van der Waals surface area contributed by atoms with Crippen LogP contribution >= 0.6 is 23.2 Å². The van der Waals surface area contributed by atoms with Crippen molar-refractivity contribution < 1.29 is 4.39 Å². The van der Waals surface area contributed by atoms with Crippen LogP contribution in [0.15, 0.2) is 18.2 Å². The van der Waals surface area contributed by atoms with Gasteiger partial charge < -0.3 is 0 Å². The van der Waals surface area contributed by atoms with Gasteiger partial charge in [-0.1, -0.05) is 30.1 Å². The van der Waals surface area contributed by atoms with Gasteiger partial charge in [-0.05, 0) is 23.8 Å². The van der Waals surface area contributed by atoms with E-state index in [0.717, 1.165) is 0 Å². The van der Waals surface area contributed by atoms with Crippen LogP contribution in [0.1, 0.15) is 12.5 Å². The highest BCUT2D eigenvalue weighted by atomic mass is 35.5. The van der Waals surface area contributed by atoms with E-state index in [-0.39, 0.29) is 0 Å². The van der Waals surface area contributed by atoms with Crippen LogP contribution in [-0.2, 0) is 0 Å². The summed E-state index contributed by atoms with van der Waals surface area (Å²) in [7, 11) is 0. The lowest BCUT2D eigenvalue weighted by molar-refractivity contribution is 0.516. The summed E-state index contributed by atoms with van der Waals surface area (Å²) in [6.07, 6.45) is 0. The molecule has 0 atom stereocenters. The highest BCUT2D eigenvalue weighted by Crippen LogP contribution is 2.26. The number of rotatable bonds is 2. The molecule has 3 heteroatoms. The molecule has 0 fully saturated rings. The zero-order chi connectivity index (χ0) is 9.14. The Balaban J connectivity index is 3.04. The molecule has 0 spiro atoms. The third-order valence-electron chi connectivity index (χ3n) is 1.59. The summed E-state index contributed by atoms with van der Waals surface area (Å²) in [5, 5.41) is 1.11. The molecule has 0 heterocycles. The normalized spacial score (nSPS) is 10.8. The maximum atomic E-state index is 12.2. The highest BCUT2D eigenvalue weighted by molar-refractivity contribution is 6.33. The molecule has 0 aliphatic heterocycles. The molecule has 1 aromatic carbocycles. The predicted molar refractivity (Wildman–Crippen MR) is 50.5 cm³/mol. The average Bonchev–Trinajstić information content (AvgIpc) is 2.08. The number of halogens is 3. The van der Waals surface area contributed by atoms with Gasteiger partial charge in [-0.3, -0.25) is 4.39 Å². The number of alkyl halides is 1. The van der Waals surface area contributed by atoms with Crippen molar-refractivity contribution in [2.24, 2.45) is 0 Å². The Morgan fingerprint density at radius 2 is 2.08 bits per heavy atom. The van der Waals surface area contributed by atoms with Crippen LogP contribution in [0.25, 0.3) is 0 Å². The molecule has 12 heavy (non-hydrogen) atoms. The predicted octanol–water partition coefficient (Wildman–Crippen LogP) is 3.91. The standard InChI is InChI=1S/C9H8Cl2F/c1-6(5-12)8-4-7(10)2-3-9(8)11/h2-4H,5H2,1H3. The Kier molecular flexibility index (Phi) is 3.36. The smallest absolute Gasteiger partial charge is 0.0998 e. The van der Waals surface area contributed by atoms with E-state index in [1.165, 1.54) is 0 Å². The lowest BCUT2D eigenvalue weighted by Gasteiger charge is -2.08. The van der Waals surface area contributed by atoms with Gasteiger partial charge in [0.2, 0.25) is 0 Å². The average molecular weight is 206 g/mol. The molecule has 0 aromatic heterocycles. The van der Waals surface area contributed by atoms with Crippen molar-refractivity contribution in [1.82, 2.24) is 0 Å². The first kappa shape index (κ1) is 9.82. The van der Waals surface area contributed by atoms with Crippen molar-refractivity contribution in [2.45, 2.75) is 6.92 Å². The quantitative estimate of drug-likeness (QED) is 0.688. The second-order valence-electron chi connectivity index (χ2n) is 2.54. The maximum Gasteiger partial charge on any atom is 0.0998 e. The lowest BCUT2D eigenvalue weighted by Crippen LogP contribution is -1.97. The molecule has 0 amide bonds. The summed E-state index contributed by atoms with van der Waals surface area (Å²) in [6, 6.07) is 5.01. The van der Waals surface area contributed by atoms with Crippen molar-refractivity contribution in [3.05, 3.63) is 39.7 Å². The Bertz CT molecular complexity index is 273. The van der Waals surface area contributed by atoms with Crippen LogP contribution in [-0.4, -0.2) is 6.67 Å². The topological polar surface area (TPSA) is 0 Å². The van der Waals surface area contributed by atoms with E-state index in [4.69, 9.17) is 23.2 Å². The van der Waals surface area contributed by atoms with E-state index in [9.17, 15) is 4.39 Å². The first-order valence-electron chi connectivity index (χ1n) is 3.49. The third kappa shape index (κ3) is 2.11. The third-order valence-corrected chi connectivity index (χ3v) is 2.15. The molecule has 0 nitrogen and oxygen atoms in total. The first-order valence-corrected chi connectivity index (χ1v) is 4.24. The summed E-state index contributed by atoms with van der Waals surface area (Å²) in [4.78, 5) is 0. The molecule has 1 radical (unpaired) electrons. The molecule has 1 aromatic rings. The first-order chi connectivity index (χ1) is 5.65. The second-order valence-corrected chi connectivity index (χ2v) is 3.38. The summed E-state index contributed by atoms with van der Waals surface area (Å²) < 4.78 is 12.2. The Hall–Kier alpha value is -0.270.